The van der Waals surface area contributed by atoms with Crippen molar-refractivity contribution in [1.82, 2.24) is 10.2 Å². The number of carbonyl (C=O) groups is 2. The molecule has 1 saturated carbocycles. The third-order valence-corrected chi connectivity index (χ3v) is 8.10. The van der Waals surface area contributed by atoms with Gasteiger partial charge in [-0.3, -0.25) is 13.9 Å². The molecule has 2 amide bonds. The predicted molar refractivity (Wildman–Crippen MR) is 140 cm³/mol. The van der Waals surface area contributed by atoms with Crippen LogP contribution in [0.15, 0.2) is 42.5 Å². The van der Waals surface area contributed by atoms with Gasteiger partial charge in [0, 0.05) is 28.2 Å². The Bertz CT molecular complexity index is 1190. The average Bonchev–Trinajstić information content (AvgIpc) is 3.31. The maximum absolute atomic E-state index is 13.9. The van der Waals surface area contributed by atoms with Crippen LogP contribution in [0.5, 0.6) is 0 Å². The molecule has 2 aromatic rings. The summed E-state index contributed by atoms with van der Waals surface area (Å²) in [6.45, 7) is 1.04. The van der Waals surface area contributed by atoms with Gasteiger partial charge < -0.3 is 10.2 Å². The highest BCUT2D eigenvalue weighted by Gasteiger charge is 2.33. The summed E-state index contributed by atoms with van der Waals surface area (Å²) in [6, 6.07) is 9.04. The molecule has 0 spiro atoms. The van der Waals surface area contributed by atoms with Crippen LogP contribution in [0.25, 0.3) is 0 Å². The van der Waals surface area contributed by atoms with Crippen molar-refractivity contribution in [3.8, 4) is 0 Å². The number of anilines is 1. The molecule has 11 heteroatoms. The van der Waals surface area contributed by atoms with Crippen LogP contribution in [0.4, 0.5) is 10.1 Å². The van der Waals surface area contributed by atoms with Crippen LogP contribution in [-0.2, 0) is 26.2 Å². The highest BCUT2D eigenvalue weighted by Crippen LogP contribution is 2.28. The monoisotopic (exact) mass is 557 g/mol. The summed E-state index contributed by atoms with van der Waals surface area (Å²) in [4.78, 5) is 28.3. The van der Waals surface area contributed by atoms with Gasteiger partial charge in [0.2, 0.25) is 21.8 Å². The summed E-state index contributed by atoms with van der Waals surface area (Å²) >= 11 is 12.7. The van der Waals surface area contributed by atoms with Crippen LogP contribution in [0.3, 0.4) is 0 Å². The number of nitrogens with zero attached hydrogens (tertiary/aromatic N) is 2. The number of benzene rings is 2. The summed E-state index contributed by atoms with van der Waals surface area (Å²) in [6.07, 6.45) is 5.00. The minimum absolute atomic E-state index is 0.00466. The van der Waals surface area contributed by atoms with Crippen molar-refractivity contribution in [2.45, 2.75) is 57.7 Å². The largest absolute Gasteiger partial charge is 0.352 e. The highest BCUT2D eigenvalue weighted by atomic mass is 35.5. The molecule has 0 radical (unpaired) electrons. The molecule has 0 aliphatic heterocycles. The average molecular weight is 559 g/mol. The maximum atomic E-state index is 13.9. The van der Waals surface area contributed by atoms with Crippen molar-refractivity contribution in [2.75, 3.05) is 17.1 Å². The Balaban J connectivity index is 1.97. The Hall–Kier alpha value is -2.36. The lowest BCUT2D eigenvalue weighted by atomic mass is 10.1. The molecule has 7 nitrogen and oxygen atoms in total. The van der Waals surface area contributed by atoms with Crippen LogP contribution in [-0.4, -0.2) is 50.0 Å². The smallest absolute Gasteiger partial charge is 0.244 e. The Labute approximate surface area is 221 Å². The van der Waals surface area contributed by atoms with Crippen molar-refractivity contribution < 1.29 is 22.4 Å². The number of nitrogens with one attached hydrogen (secondary N) is 1. The van der Waals surface area contributed by atoms with E-state index in [1.54, 1.807) is 25.1 Å². The minimum Gasteiger partial charge on any atom is -0.352 e. The van der Waals surface area contributed by atoms with Gasteiger partial charge in [-0.15, -0.1) is 0 Å². The van der Waals surface area contributed by atoms with Crippen LogP contribution in [0.2, 0.25) is 10.0 Å². The molecule has 0 bridgehead atoms. The normalized spacial score (nSPS) is 14.9. The SMILES string of the molecule is CCC(C(=O)NC1CCCC1)N(Cc1c(Cl)cccc1Cl)C(=O)CN(c1cccc(F)c1)S(C)(=O)=O. The molecular weight excluding hydrogens is 528 g/mol. The van der Waals surface area contributed by atoms with Crippen molar-refractivity contribution in [1.29, 1.82) is 0 Å². The molecule has 1 unspecified atom stereocenters. The molecule has 196 valence electrons. The van der Waals surface area contributed by atoms with Crippen LogP contribution in [0.1, 0.15) is 44.6 Å². The molecule has 1 N–H and O–H groups in total. The minimum atomic E-state index is -3.96. The van der Waals surface area contributed by atoms with Crippen molar-refractivity contribution in [3.05, 3.63) is 63.9 Å². The number of carbonyl (C=O) groups excluding carboxylic acids is 2. The summed E-state index contributed by atoms with van der Waals surface area (Å²) in [5, 5.41) is 3.66. The first-order valence-corrected chi connectivity index (χ1v) is 14.4. The lowest BCUT2D eigenvalue weighted by Crippen LogP contribution is -2.53. The summed E-state index contributed by atoms with van der Waals surface area (Å²) < 4.78 is 39.9. The molecule has 0 heterocycles. The van der Waals surface area contributed by atoms with Crippen molar-refractivity contribution >= 4 is 50.7 Å². The van der Waals surface area contributed by atoms with Crippen molar-refractivity contribution in [2.24, 2.45) is 0 Å². The first-order chi connectivity index (χ1) is 17.0. The van der Waals surface area contributed by atoms with E-state index in [9.17, 15) is 22.4 Å². The zero-order valence-electron chi connectivity index (χ0n) is 20.2. The zero-order valence-corrected chi connectivity index (χ0v) is 22.5. The van der Waals surface area contributed by atoms with E-state index in [1.807, 2.05) is 0 Å². The number of amides is 2. The third-order valence-electron chi connectivity index (χ3n) is 6.25. The predicted octanol–water partition coefficient (Wildman–Crippen LogP) is 4.76. The van der Waals surface area contributed by atoms with E-state index in [0.717, 1.165) is 42.3 Å². The lowest BCUT2D eigenvalue weighted by molar-refractivity contribution is -0.140. The number of hydrogen-bond donors (Lipinski definition) is 1. The summed E-state index contributed by atoms with van der Waals surface area (Å²) in [5.74, 6) is -1.61. The van der Waals surface area contributed by atoms with Crippen LogP contribution >= 0.6 is 23.2 Å². The fourth-order valence-corrected chi connectivity index (χ4v) is 5.74. The number of halogens is 3. The molecule has 0 aromatic heterocycles. The van der Waals surface area contributed by atoms with E-state index in [0.29, 0.717) is 15.6 Å². The first-order valence-electron chi connectivity index (χ1n) is 11.8. The first kappa shape index (κ1) is 28.2. The van der Waals surface area contributed by atoms with Gasteiger partial charge in [-0.05, 0) is 49.6 Å². The second-order valence-corrected chi connectivity index (χ2v) is 11.6. The molecule has 3 rings (SSSR count). The molecule has 1 aliphatic rings. The fraction of sp³-hybridized carbons (Fsp3) is 0.440. The Kier molecular flexibility index (Phi) is 9.60. The van der Waals surface area contributed by atoms with Gasteiger partial charge >= 0.3 is 0 Å². The topological polar surface area (TPSA) is 86.8 Å². The lowest BCUT2D eigenvalue weighted by Gasteiger charge is -2.33. The van der Waals surface area contributed by atoms with Gasteiger partial charge in [0.05, 0.1) is 11.9 Å². The molecule has 1 fully saturated rings. The third kappa shape index (κ3) is 7.11. The Morgan fingerprint density at radius 3 is 2.28 bits per heavy atom. The second-order valence-electron chi connectivity index (χ2n) is 8.89. The van der Waals surface area contributed by atoms with Gasteiger partial charge in [0.1, 0.15) is 18.4 Å². The second kappa shape index (κ2) is 12.3. The van der Waals surface area contributed by atoms with E-state index in [-0.39, 0.29) is 30.6 Å². The molecule has 36 heavy (non-hydrogen) atoms. The van der Waals surface area contributed by atoms with Gasteiger partial charge in [0.25, 0.3) is 0 Å². The number of hydrogen-bond acceptors (Lipinski definition) is 4. The van der Waals surface area contributed by atoms with Gasteiger partial charge in [-0.1, -0.05) is 55.1 Å². The molecule has 0 saturated heterocycles. The molecule has 1 atom stereocenters. The quantitative estimate of drug-likeness (QED) is 0.456. The van der Waals surface area contributed by atoms with Crippen LogP contribution in [0, 0.1) is 5.82 Å². The molecule has 2 aromatic carbocycles. The van der Waals surface area contributed by atoms with Crippen molar-refractivity contribution in [3.63, 3.8) is 0 Å². The van der Waals surface area contributed by atoms with Crippen LogP contribution < -0.4 is 9.62 Å². The highest BCUT2D eigenvalue weighted by molar-refractivity contribution is 7.92. The van der Waals surface area contributed by atoms with E-state index in [2.05, 4.69) is 5.32 Å². The fourth-order valence-electron chi connectivity index (χ4n) is 4.39. The Morgan fingerprint density at radius 1 is 1.11 bits per heavy atom. The maximum Gasteiger partial charge on any atom is 0.244 e. The zero-order chi connectivity index (χ0) is 26.5. The van der Waals surface area contributed by atoms with E-state index < -0.39 is 34.3 Å². The molecule has 1 aliphatic carbocycles. The van der Waals surface area contributed by atoms with Gasteiger partial charge in [0.15, 0.2) is 0 Å². The van der Waals surface area contributed by atoms with Gasteiger partial charge in [-0.25, -0.2) is 12.8 Å². The Morgan fingerprint density at radius 2 is 1.72 bits per heavy atom. The number of rotatable bonds is 10. The number of sulfonamides is 1. The molecular formula is C25H30Cl2FN3O4S. The summed E-state index contributed by atoms with van der Waals surface area (Å²) in [7, 11) is -3.96. The summed E-state index contributed by atoms with van der Waals surface area (Å²) in [5.41, 5.74) is 0.447. The van der Waals surface area contributed by atoms with E-state index >= 15 is 0 Å². The standard InChI is InChI=1S/C25H30Cl2FN3O4S/c1-3-23(25(33)29-18-9-4-5-10-18)30(15-20-21(26)12-7-13-22(20)27)24(32)16-31(36(2,34)35)19-11-6-8-17(28)14-19/h6-8,11-14,18,23H,3-5,9-10,15-16H2,1-2H3,(H,29,33). The van der Waals surface area contributed by atoms with E-state index in [4.69, 9.17) is 23.2 Å². The van der Waals surface area contributed by atoms with E-state index in [1.165, 1.54) is 23.1 Å². The van der Waals surface area contributed by atoms with Gasteiger partial charge in [-0.2, -0.15) is 0 Å².